The van der Waals surface area contributed by atoms with Gasteiger partial charge in [0.1, 0.15) is 5.75 Å². The van der Waals surface area contributed by atoms with Crippen LogP contribution in [0, 0.1) is 5.92 Å². The van der Waals surface area contributed by atoms with Gasteiger partial charge in [-0.15, -0.1) is 0 Å². The minimum atomic E-state index is -1.48. The average molecular weight is 337 g/mol. The predicted octanol–water partition coefficient (Wildman–Crippen LogP) is 1.54. The second kappa shape index (κ2) is 6.83. The van der Waals surface area contributed by atoms with Crippen molar-refractivity contribution in [2.45, 2.75) is 25.3 Å². The Hall–Kier alpha value is -1.82. The zero-order chi connectivity index (χ0) is 17.4. The van der Waals surface area contributed by atoms with Crippen LogP contribution in [-0.4, -0.2) is 42.3 Å². The normalized spacial score (nSPS) is 22.4. The SMILES string of the molecule is COc1ccc2c(c1B(O)O)CC1CC2CN(Cc2ccccc2)C1. The van der Waals surface area contributed by atoms with Crippen molar-refractivity contribution < 1.29 is 14.8 Å². The van der Waals surface area contributed by atoms with Crippen LogP contribution in [0.25, 0.3) is 0 Å². The molecule has 4 nitrogen and oxygen atoms in total. The Balaban J connectivity index is 1.62. The molecule has 2 aromatic carbocycles. The first-order valence-corrected chi connectivity index (χ1v) is 8.97. The van der Waals surface area contributed by atoms with Crippen LogP contribution < -0.4 is 10.2 Å². The van der Waals surface area contributed by atoms with E-state index in [0.717, 1.165) is 31.6 Å². The van der Waals surface area contributed by atoms with E-state index < -0.39 is 7.12 Å². The molecule has 1 aliphatic heterocycles. The third-order valence-corrected chi connectivity index (χ3v) is 5.63. The number of piperidine rings is 1. The summed E-state index contributed by atoms with van der Waals surface area (Å²) in [6.45, 7) is 3.06. The zero-order valence-electron chi connectivity index (χ0n) is 14.6. The Morgan fingerprint density at radius 3 is 2.64 bits per heavy atom. The highest BCUT2D eigenvalue weighted by molar-refractivity contribution is 6.60. The van der Waals surface area contributed by atoms with Gasteiger partial charge in [0.25, 0.3) is 0 Å². The van der Waals surface area contributed by atoms with E-state index >= 15 is 0 Å². The fourth-order valence-corrected chi connectivity index (χ4v) is 4.67. The second-order valence-electron chi connectivity index (χ2n) is 7.31. The Kier molecular flexibility index (Phi) is 4.55. The standard InChI is InChI=1S/C20H24BNO3/c1-25-19-8-7-17-16-9-15(10-18(17)20(19)21(23)24)12-22(13-16)11-14-5-3-2-4-6-14/h2-8,15-16,23-24H,9-13H2,1H3. The minimum Gasteiger partial charge on any atom is -0.497 e. The van der Waals surface area contributed by atoms with Crippen molar-refractivity contribution in [3.05, 3.63) is 59.2 Å². The molecule has 1 fully saturated rings. The molecule has 5 heteroatoms. The lowest BCUT2D eigenvalue weighted by molar-refractivity contribution is 0.138. The van der Waals surface area contributed by atoms with Crippen molar-refractivity contribution in [2.75, 3.05) is 20.2 Å². The van der Waals surface area contributed by atoms with Gasteiger partial charge in [0.05, 0.1) is 7.11 Å². The second-order valence-corrected chi connectivity index (χ2v) is 7.31. The fraction of sp³-hybridized carbons (Fsp3) is 0.400. The van der Waals surface area contributed by atoms with Crippen LogP contribution in [0.4, 0.5) is 0 Å². The molecular weight excluding hydrogens is 313 g/mol. The predicted molar refractivity (Wildman–Crippen MR) is 99.1 cm³/mol. The van der Waals surface area contributed by atoms with Crippen molar-refractivity contribution in [1.29, 1.82) is 0 Å². The smallest absolute Gasteiger partial charge is 0.492 e. The first kappa shape index (κ1) is 16.6. The van der Waals surface area contributed by atoms with Crippen LogP contribution in [-0.2, 0) is 13.0 Å². The van der Waals surface area contributed by atoms with Crippen LogP contribution in [0.5, 0.6) is 5.75 Å². The molecule has 2 atom stereocenters. The summed E-state index contributed by atoms with van der Waals surface area (Å²) in [6.07, 6.45) is 2.08. The van der Waals surface area contributed by atoms with E-state index in [1.54, 1.807) is 7.11 Å². The molecule has 130 valence electrons. The van der Waals surface area contributed by atoms with Gasteiger partial charge in [-0.2, -0.15) is 0 Å². The fourth-order valence-electron chi connectivity index (χ4n) is 4.67. The van der Waals surface area contributed by atoms with Gasteiger partial charge >= 0.3 is 7.12 Å². The number of fused-ring (bicyclic) bond motifs is 4. The summed E-state index contributed by atoms with van der Waals surface area (Å²) in [5.41, 5.74) is 4.27. The maximum absolute atomic E-state index is 9.87. The van der Waals surface area contributed by atoms with Crippen LogP contribution in [0.1, 0.15) is 29.0 Å². The number of rotatable bonds is 4. The maximum atomic E-state index is 9.87. The van der Waals surface area contributed by atoms with Crippen LogP contribution in [0.15, 0.2) is 42.5 Å². The van der Waals surface area contributed by atoms with E-state index in [-0.39, 0.29) is 0 Å². The van der Waals surface area contributed by atoms with E-state index in [9.17, 15) is 10.0 Å². The maximum Gasteiger partial charge on any atom is 0.492 e. The largest absolute Gasteiger partial charge is 0.497 e. The summed E-state index contributed by atoms with van der Waals surface area (Å²) in [5.74, 6) is 1.59. The summed E-state index contributed by atoms with van der Waals surface area (Å²) in [5, 5.41) is 19.7. The lowest BCUT2D eigenvalue weighted by Gasteiger charge is -2.43. The Morgan fingerprint density at radius 1 is 1.12 bits per heavy atom. The Bertz CT molecular complexity index is 750. The Labute approximate surface area is 149 Å². The topological polar surface area (TPSA) is 52.9 Å². The van der Waals surface area contributed by atoms with Crippen molar-refractivity contribution in [2.24, 2.45) is 5.92 Å². The van der Waals surface area contributed by atoms with Crippen molar-refractivity contribution >= 4 is 12.6 Å². The van der Waals surface area contributed by atoms with Gasteiger partial charge < -0.3 is 14.8 Å². The summed E-state index contributed by atoms with van der Waals surface area (Å²) >= 11 is 0. The van der Waals surface area contributed by atoms with Crippen LogP contribution in [0.2, 0.25) is 0 Å². The van der Waals surface area contributed by atoms with E-state index in [0.29, 0.717) is 23.0 Å². The number of ether oxygens (including phenoxy) is 1. The van der Waals surface area contributed by atoms with Gasteiger partial charge in [0, 0.05) is 25.1 Å². The zero-order valence-corrected chi connectivity index (χ0v) is 14.6. The first-order chi connectivity index (χ1) is 12.2. The highest BCUT2D eigenvalue weighted by Crippen LogP contribution is 2.40. The van der Waals surface area contributed by atoms with Gasteiger partial charge in [0.2, 0.25) is 0 Å². The average Bonchev–Trinajstić information content (AvgIpc) is 2.61. The molecule has 0 amide bonds. The molecule has 2 bridgehead atoms. The monoisotopic (exact) mass is 337 g/mol. The molecule has 1 heterocycles. The summed E-state index contributed by atoms with van der Waals surface area (Å²) in [4.78, 5) is 2.54. The third-order valence-electron chi connectivity index (χ3n) is 5.63. The summed E-state index contributed by atoms with van der Waals surface area (Å²) in [6, 6.07) is 14.6. The molecule has 2 aromatic rings. The van der Waals surface area contributed by atoms with Gasteiger partial charge in [-0.1, -0.05) is 36.4 Å². The molecule has 0 spiro atoms. The van der Waals surface area contributed by atoms with Crippen molar-refractivity contribution in [3.8, 4) is 5.75 Å². The van der Waals surface area contributed by atoms with Crippen molar-refractivity contribution in [1.82, 2.24) is 4.90 Å². The van der Waals surface area contributed by atoms with Crippen molar-refractivity contribution in [3.63, 3.8) is 0 Å². The Morgan fingerprint density at radius 2 is 1.92 bits per heavy atom. The molecule has 0 saturated carbocycles. The number of likely N-dealkylation sites (tertiary alicyclic amines) is 1. The molecular formula is C20H24BNO3. The quantitative estimate of drug-likeness (QED) is 0.831. The van der Waals surface area contributed by atoms with E-state index in [1.807, 2.05) is 6.07 Å². The number of benzene rings is 2. The first-order valence-electron chi connectivity index (χ1n) is 8.97. The highest BCUT2D eigenvalue weighted by Gasteiger charge is 2.37. The lowest BCUT2D eigenvalue weighted by atomic mass is 9.66. The molecule has 25 heavy (non-hydrogen) atoms. The van der Waals surface area contributed by atoms with Crippen LogP contribution in [0.3, 0.4) is 0 Å². The number of methoxy groups -OCH3 is 1. The molecule has 0 radical (unpaired) electrons. The lowest BCUT2D eigenvalue weighted by Crippen LogP contribution is -2.45. The van der Waals surface area contributed by atoms with E-state index in [2.05, 4.69) is 41.3 Å². The van der Waals surface area contributed by atoms with E-state index in [1.165, 1.54) is 17.5 Å². The van der Waals surface area contributed by atoms with Gasteiger partial charge in [-0.3, -0.25) is 4.90 Å². The molecule has 2 unspecified atom stereocenters. The number of nitrogens with zero attached hydrogens (tertiary/aromatic N) is 1. The summed E-state index contributed by atoms with van der Waals surface area (Å²) < 4.78 is 5.36. The van der Waals surface area contributed by atoms with Gasteiger partial charge in [-0.05, 0) is 47.4 Å². The molecule has 0 aromatic heterocycles. The van der Waals surface area contributed by atoms with Gasteiger partial charge in [0.15, 0.2) is 0 Å². The molecule has 4 rings (SSSR count). The third kappa shape index (κ3) is 3.20. The summed E-state index contributed by atoms with van der Waals surface area (Å²) in [7, 11) is 0.0999. The molecule has 1 saturated heterocycles. The molecule has 1 aliphatic carbocycles. The van der Waals surface area contributed by atoms with Gasteiger partial charge in [-0.25, -0.2) is 0 Å². The van der Waals surface area contributed by atoms with Crippen LogP contribution >= 0.6 is 0 Å². The molecule has 2 aliphatic rings. The highest BCUT2D eigenvalue weighted by atomic mass is 16.5. The van der Waals surface area contributed by atoms with E-state index in [4.69, 9.17) is 4.74 Å². The molecule has 2 N–H and O–H groups in total. The minimum absolute atomic E-state index is 0.453. The number of hydrogen-bond donors (Lipinski definition) is 2. The number of hydrogen-bond acceptors (Lipinski definition) is 4.